The molecule has 0 bridgehead atoms. The third kappa shape index (κ3) is 6.95. The van der Waals surface area contributed by atoms with Gasteiger partial charge in [0.15, 0.2) is 0 Å². The quantitative estimate of drug-likeness (QED) is 0.141. The van der Waals surface area contributed by atoms with Crippen LogP contribution in [-0.2, 0) is 10.8 Å². The minimum Gasteiger partial charge on any atom is -0.294 e. The highest BCUT2D eigenvalue weighted by Crippen LogP contribution is 2.59. The predicted molar refractivity (Wildman–Crippen MR) is 334 cm³/mol. The minimum absolute atomic E-state index is 0.637. The van der Waals surface area contributed by atoms with Gasteiger partial charge in [0.2, 0.25) is 0 Å². The molecule has 6 heteroatoms. The monoisotopic (exact) mass is 1050 g/mol. The van der Waals surface area contributed by atoms with E-state index in [0.717, 1.165) is 112 Å². The first-order valence-electron chi connectivity index (χ1n) is 28.0. The second-order valence-electron chi connectivity index (χ2n) is 21.2. The number of fused-ring (bicyclic) bond motifs is 10. The van der Waals surface area contributed by atoms with Crippen LogP contribution in [0.15, 0.2) is 303 Å². The number of hydrogen-bond acceptors (Lipinski definition) is 6. The van der Waals surface area contributed by atoms with E-state index in [4.69, 9.17) is 19.9 Å². The lowest BCUT2D eigenvalue weighted by Gasteiger charge is -2.46. The molecular formula is C76H50N6. The number of hydrogen-bond donors (Lipinski definition) is 0. The van der Waals surface area contributed by atoms with Crippen LogP contribution >= 0.6 is 0 Å². The van der Waals surface area contributed by atoms with Crippen molar-refractivity contribution in [3.63, 3.8) is 0 Å². The van der Waals surface area contributed by atoms with E-state index in [1.807, 2.05) is 12.1 Å². The maximum absolute atomic E-state index is 5.91. The van der Waals surface area contributed by atoms with Gasteiger partial charge in [-0.25, -0.2) is 19.9 Å². The van der Waals surface area contributed by atoms with Crippen LogP contribution in [0, 0.1) is 0 Å². The summed E-state index contributed by atoms with van der Waals surface area (Å²) in [4.78, 5) is 27.9. The van der Waals surface area contributed by atoms with Crippen LogP contribution in [0.2, 0.25) is 0 Å². The van der Waals surface area contributed by atoms with Crippen molar-refractivity contribution in [2.45, 2.75) is 10.8 Å². The molecule has 0 N–H and O–H groups in total. The zero-order valence-corrected chi connectivity index (χ0v) is 44.6. The number of para-hydroxylation sites is 4. The highest BCUT2D eigenvalue weighted by molar-refractivity contribution is 6.22. The number of pyridine rings is 2. The number of aromatic nitrogens is 4. The van der Waals surface area contributed by atoms with E-state index in [-0.39, 0.29) is 0 Å². The van der Waals surface area contributed by atoms with Crippen LogP contribution in [0.3, 0.4) is 0 Å². The van der Waals surface area contributed by atoms with Crippen LogP contribution < -0.4 is 9.80 Å². The Labute approximate surface area is 475 Å². The maximum atomic E-state index is 5.91. The molecule has 2 aliphatic rings. The van der Waals surface area contributed by atoms with E-state index >= 15 is 0 Å². The van der Waals surface area contributed by atoms with Gasteiger partial charge in [0.05, 0.1) is 56.0 Å². The molecule has 0 spiro atoms. The van der Waals surface area contributed by atoms with Gasteiger partial charge in [-0.15, -0.1) is 0 Å². The molecule has 0 unspecified atom stereocenters. The minimum atomic E-state index is -0.637. The van der Waals surface area contributed by atoms with E-state index in [0.29, 0.717) is 0 Å². The fourth-order valence-electron chi connectivity index (χ4n) is 13.6. The standard InChI is InChI=1S/C76H50N6/c1-7-27-51(28-8-1)69-70(52-29-9-2-10-30-52)80-74-58-48-50-68(82-65-45-25-21-41-61(65)76(55-35-15-5-16-36-55,56-37-17-6-18-38-56)62-42-22-26-46-66(62)82)78-72(58)71-57(73(74)79-69)47-49-67(77-71)81-63-43-23-19-39-59(63)75(53-31-11-3-12-32-53,54-33-13-4-14-34-54)60-40-20-24-44-64(60)81/h1-50H. The molecule has 0 amide bonds. The highest BCUT2D eigenvalue weighted by atomic mass is 15.2. The molecule has 0 saturated carbocycles. The van der Waals surface area contributed by atoms with E-state index in [1.165, 1.54) is 22.3 Å². The van der Waals surface area contributed by atoms with Gasteiger partial charge in [-0.2, -0.15) is 0 Å². The zero-order chi connectivity index (χ0) is 54.2. The summed E-state index contributed by atoms with van der Waals surface area (Å²) in [6.45, 7) is 0. The van der Waals surface area contributed by atoms with E-state index in [9.17, 15) is 0 Å². The van der Waals surface area contributed by atoms with Crippen molar-refractivity contribution < 1.29 is 0 Å². The molecule has 0 fully saturated rings. The summed E-state index contributed by atoms with van der Waals surface area (Å²) in [5, 5.41) is 1.71. The van der Waals surface area contributed by atoms with E-state index in [2.05, 4.69) is 301 Å². The zero-order valence-electron chi connectivity index (χ0n) is 44.6. The van der Waals surface area contributed by atoms with Crippen molar-refractivity contribution in [2.24, 2.45) is 0 Å². The smallest absolute Gasteiger partial charge is 0.138 e. The summed E-state index contributed by atoms with van der Waals surface area (Å²) >= 11 is 0. The van der Waals surface area contributed by atoms with Crippen LogP contribution in [0.25, 0.3) is 55.4 Å². The van der Waals surface area contributed by atoms with Crippen LogP contribution in [0.1, 0.15) is 44.5 Å². The Morgan fingerprint density at radius 1 is 0.220 bits per heavy atom. The van der Waals surface area contributed by atoms with E-state index < -0.39 is 10.8 Å². The first-order chi connectivity index (χ1) is 40.7. The molecule has 82 heavy (non-hydrogen) atoms. The van der Waals surface area contributed by atoms with Crippen LogP contribution in [-0.4, -0.2) is 19.9 Å². The molecule has 0 saturated heterocycles. The summed E-state index contributed by atoms with van der Waals surface area (Å²) in [7, 11) is 0. The topological polar surface area (TPSA) is 58.0 Å². The molecule has 3 aromatic heterocycles. The first-order valence-corrected chi connectivity index (χ1v) is 28.0. The summed E-state index contributed by atoms with van der Waals surface area (Å²) in [5.41, 5.74) is 18.8. The third-order valence-corrected chi connectivity index (χ3v) is 17.0. The average molecular weight is 1050 g/mol. The molecule has 14 aromatic rings. The number of benzene rings is 11. The van der Waals surface area contributed by atoms with Crippen molar-refractivity contribution in [3.05, 3.63) is 348 Å². The van der Waals surface area contributed by atoms with Crippen molar-refractivity contribution in [1.29, 1.82) is 0 Å². The third-order valence-electron chi connectivity index (χ3n) is 17.0. The molecule has 0 atom stereocenters. The number of rotatable bonds is 8. The predicted octanol–water partition coefficient (Wildman–Crippen LogP) is 18.4. The van der Waals surface area contributed by atoms with Crippen LogP contribution in [0.4, 0.5) is 34.4 Å². The second-order valence-corrected chi connectivity index (χ2v) is 21.2. The van der Waals surface area contributed by atoms with Crippen molar-refractivity contribution in [2.75, 3.05) is 9.80 Å². The largest absolute Gasteiger partial charge is 0.294 e. The normalized spacial score (nSPS) is 13.8. The molecule has 11 aromatic carbocycles. The lowest BCUT2D eigenvalue weighted by Crippen LogP contribution is -2.37. The fraction of sp³-hybridized carbons (Fsp3) is 0.0263. The molecule has 5 heterocycles. The van der Waals surface area contributed by atoms with Gasteiger partial charge < -0.3 is 0 Å². The Balaban J connectivity index is 0.986. The summed E-state index contributed by atoms with van der Waals surface area (Å²) in [6.07, 6.45) is 0. The van der Waals surface area contributed by atoms with Gasteiger partial charge >= 0.3 is 0 Å². The van der Waals surface area contributed by atoms with Gasteiger partial charge in [-0.3, -0.25) is 9.80 Å². The number of anilines is 6. The summed E-state index contributed by atoms with van der Waals surface area (Å²) in [6, 6.07) is 109. The summed E-state index contributed by atoms with van der Waals surface area (Å²) in [5.74, 6) is 1.52. The molecule has 2 aliphatic heterocycles. The first kappa shape index (κ1) is 47.2. The maximum Gasteiger partial charge on any atom is 0.138 e. The Morgan fingerprint density at radius 3 is 0.756 bits per heavy atom. The molecule has 0 radical (unpaired) electrons. The van der Waals surface area contributed by atoms with Crippen molar-refractivity contribution in [3.8, 4) is 22.5 Å². The van der Waals surface area contributed by atoms with Crippen molar-refractivity contribution in [1.82, 2.24) is 19.9 Å². The molecule has 0 aliphatic carbocycles. The van der Waals surface area contributed by atoms with Gasteiger partial charge in [0.25, 0.3) is 0 Å². The van der Waals surface area contributed by atoms with Gasteiger partial charge in [0.1, 0.15) is 22.7 Å². The lowest BCUT2D eigenvalue weighted by molar-refractivity contribution is 0.730. The molecule has 384 valence electrons. The lowest BCUT2D eigenvalue weighted by atomic mass is 9.62. The van der Waals surface area contributed by atoms with Gasteiger partial charge in [-0.05, 0) is 93.0 Å². The van der Waals surface area contributed by atoms with Gasteiger partial charge in [0, 0.05) is 21.9 Å². The molecule has 16 rings (SSSR count). The Bertz CT molecular complexity index is 4270. The SMILES string of the molecule is c1ccc(-c2nc3c4ccc(N5c6ccccc6C(c6ccccc6)(c6ccccc6)c6ccccc65)nc4c4nc(N5c6ccccc6C(c6ccccc6)(c6ccccc6)c6ccccc65)ccc4c3nc2-c2ccccc2)cc1. The Kier molecular flexibility index (Phi) is 10.9. The van der Waals surface area contributed by atoms with E-state index in [1.54, 1.807) is 0 Å². The average Bonchev–Trinajstić information content (AvgIpc) is 1.23. The molecular weight excluding hydrogens is 997 g/mol. The van der Waals surface area contributed by atoms with Crippen molar-refractivity contribution >= 4 is 67.2 Å². The Morgan fingerprint density at radius 2 is 0.463 bits per heavy atom. The number of nitrogens with zero attached hydrogens (tertiary/aromatic N) is 6. The van der Waals surface area contributed by atoms with Gasteiger partial charge in [-0.1, -0.05) is 255 Å². The highest BCUT2D eigenvalue weighted by Gasteiger charge is 2.48. The molecule has 6 nitrogen and oxygen atoms in total. The Hall–Kier alpha value is -10.8. The summed E-state index contributed by atoms with van der Waals surface area (Å²) < 4.78 is 0. The van der Waals surface area contributed by atoms with Crippen LogP contribution in [0.5, 0.6) is 0 Å². The fourth-order valence-corrected chi connectivity index (χ4v) is 13.6. The second kappa shape index (κ2) is 18.9.